The first-order valence-corrected chi connectivity index (χ1v) is 11.7. The van der Waals surface area contributed by atoms with Crippen LogP contribution < -0.4 is 9.80 Å². The molecule has 9 heteroatoms. The van der Waals surface area contributed by atoms with E-state index in [9.17, 15) is 13.4 Å². The molecule has 6 nitrogen and oxygen atoms in total. The smallest absolute Gasteiger partial charge is 0.505 e. The summed E-state index contributed by atoms with van der Waals surface area (Å²) in [6, 6.07) is 14.5. The highest BCUT2D eigenvalue weighted by molar-refractivity contribution is 6.36. The Hall–Kier alpha value is -2.91. The third-order valence-electron chi connectivity index (χ3n) is 6.52. The van der Waals surface area contributed by atoms with Crippen LogP contribution in [0.4, 0.5) is 20.0 Å². The van der Waals surface area contributed by atoms with Crippen LogP contribution >= 0.6 is 0 Å². The zero-order chi connectivity index (χ0) is 24.1. The van der Waals surface area contributed by atoms with Crippen molar-refractivity contribution in [3.63, 3.8) is 0 Å². The van der Waals surface area contributed by atoms with Gasteiger partial charge < -0.3 is 24.3 Å². The molecule has 2 fully saturated rings. The number of benzene rings is 2. The Bertz CT molecular complexity index is 985. The van der Waals surface area contributed by atoms with Gasteiger partial charge in [0.25, 0.3) is 0 Å². The number of piperazine rings is 2. The summed E-state index contributed by atoms with van der Waals surface area (Å²) in [5, 5.41) is 0. The summed E-state index contributed by atoms with van der Waals surface area (Å²) in [6.45, 7) is 7.62. The van der Waals surface area contributed by atoms with Crippen LogP contribution in [-0.2, 0) is 4.65 Å². The molecule has 2 saturated heterocycles. The van der Waals surface area contributed by atoms with Crippen LogP contribution in [0.15, 0.2) is 54.6 Å². The second kappa shape index (κ2) is 11.0. The first-order valence-electron chi connectivity index (χ1n) is 11.7. The van der Waals surface area contributed by atoms with Gasteiger partial charge in [0.15, 0.2) is 5.78 Å². The van der Waals surface area contributed by atoms with Gasteiger partial charge in [-0.25, -0.2) is 8.63 Å². The average Bonchev–Trinajstić information content (AvgIpc) is 2.84. The minimum absolute atomic E-state index is 0.131. The van der Waals surface area contributed by atoms with E-state index in [4.69, 9.17) is 4.65 Å². The molecule has 0 spiro atoms. The lowest BCUT2D eigenvalue weighted by atomic mass is 10.1. The fourth-order valence-corrected chi connectivity index (χ4v) is 4.29. The predicted octanol–water partition coefficient (Wildman–Crippen LogP) is 3.35. The van der Waals surface area contributed by atoms with E-state index in [1.165, 1.54) is 0 Å². The molecule has 4 rings (SSSR count). The minimum Gasteiger partial charge on any atom is -0.505 e. The third-order valence-corrected chi connectivity index (χ3v) is 6.52. The standard InChI is InChI=1S/C25H31BF2N4O2/c1-29-11-15-31(16-12-29)22-7-3-20(4-8-22)24(33)19-25(34-26(27)28)21-5-9-23(10-6-21)32-17-13-30(2)14-18-32/h3-10,19H,11-18H2,1-2H3/b25-19-. The van der Waals surface area contributed by atoms with Crippen molar-refractivity contribution in [2.45, 2.75) is 0 Å². The fourth-order valence-electron chi connectivity index (χ4n) is 4.29. The molecule has 34 heavy (non-hydrogen) atoms. The van der Waals surface area contributed by atoms with Gasteiger partial charge in [0, 0.05) is 80.9 Å². The molecule has 2 aromatic rings. The summed E-state index contributed by atoms with van der Waals surface area (Å²) < 4.78 is 31.0. The summed E-state index contributed by atoms with van der Waals surface area (Å²) in [4.78, 5) is 21.9. The number of allylic oxidation sites excluding steroid dienone is 1. The molecule has 0 aromatic heterocycles. The number of rotatable bonds is 7. The van der Waals surface area contributed by atoms with Gasteiger partial charge in [0.05, 0.1) is 0 Å². The van der Waals surface area contributed by atoms with Crippen LogP contribution in [0, 0.1) is 0 Å². The Morgan fingerprint density at radius 2 is 1.15 bits per heavy atom. The molecule has 0 amide bonds. The number of likely N-dealkylation sites (N-methyl/N-ethyl adjacent to an activating group) is 2. The van der Waals surface area contributed by atoms with Gasteiger partial charge in [-0.05, 0) is 62.6 Å². The average molecular weight is 468 g/mol. The molecule has 2 aliphatic rings. The highest BCUT2D eigenvalue weighted by Crippen LogP contribution is 2.24. The topological polar surface area (TPSA) is 39.3 Å². The Morgan fingerprint density at radius 3 is 1.56 bits per heavy atom. The number of carbonyl (C=O) groups excluding carboxylic acids is 1. The Balaban J connectivity index is 1.47. The van der Waals surface area contributed by atoms with Crippen LogP contribution in [0.3, 0.4) is 0 Å². The lowest BCUT2D eigenvalue weighted by Crippen LogP contribution is -2.44. The molecule has 0 bridgehead atoms. The SMILES string of the molecule is CN1CCN(c2ccc(C(=O)/C=C(\OB(F)F)c3ccc(N4CCN(C)CC4)cc3)cc2)CC1. The van der Waals surface area contributed by atoms with Crippen molar-refractivity contribution < 1.29 is 18.1 Å². The van der Waals surface area contributed by atoms with Crippen LogP contribution in [0.5, 0.6) is 0 Å². The normalized spacial score (nSPS) is 18.2. The Kier molecular flexibility index (Phi) is 7.85. The van der Waals surface area contributed by atoms with Crippen molar-refractivity contribution in [2.75, 3.05) is 76.3 Å². The van der Waals surface area contributed by atoms with Crippen molar-refractivity contribution in [1.29, 1.82) is 0 Å². The van der Waals surface area contributed by atoms with E-state index in [2.05, 4.69) is 33.7 Å². The summed E-state index contributed by atoms with van der Waals surface area (Å²) >= 11 is 0. The number of anilines is 2. The van der Waals surface area contributed by atoms with E-state index < -0.39 is 7.47 Å². The van der Waals surface area contributed by atoms with Crippen LogP contribution in [0.1, 0.15) is 15.9 Å². The molecule has 0 unspecified atom stereocenters. The number of nitrogens with zero attached hydrogens (tertiary/aromatic N) is 4. The van der Waals surface area contributed by atoms with E-state index in [-0.39, 0.29) is 11.5 Å². The van der Waals surface area contributed by atoms with E-state index in [1.807, 2.05) is 24.3 Å². The third kappa shape index (κ3) is 6.15. The van der Waals surface area contributed by atoms with Crippen LogP contribution in [0.25, 0.3) is 5.76 Å². The van der Waals surface area contributed by atoms with Crippen molar-refractivity contribution in [3.8, 4) is 0 Å². The molecule has 2 aromatic carbocycles. The maximum Gasteiger partial charge on any atom is 0.796 e. The van der Waals surface area contributed by atoms with Gasteiger partial charge in [-0.1, -0.05) is 0 Å². The second-order valence-electron chi connectivity index (χ2n) is 8.93. The predicted molar refractivity (Wildman–Crippen MR) is 134 cm³/mol. The lowest BCUT2D eigenvalue weighted by molar-refractivity contribution is 0.104. The van der Waals surface area contributed by atoms with E-state index in [0.29, 0.717) is 11.1 Å². The first-order chi connectivity index (χ1) is 16.4. The van der Waals surface area contributed by atoms with Crippen molar-refractivity contribution in [1.82, 2.24) is 9.80 Å². The molecule has 2 heterocycles. The fraction of sp³-hybridized carbons (Fsp3) is 0.400. The van der Waals surface area contributed by atoms with E-state index in [0.717, 1.165) is 69.8 Å². The monoisotopic (exact) mass is 468 g/mol. The Morgan fingerprint density at radius 1 is 0.735 bits per heavy atom. The van der Waals surface area contributed by atoms with Gasteiger partial charge in [-0.3, -0.25) is 4.79 Å². The largest absolute Gasteiger partial charge is 0.796 e. The molecule has 180 valence electrons. The molecule has 0 radical (unpaired) electrons. The number of hydrogen-bond acceptors (Lipinski definition) is 6. The molecule has 0 aliphatic carbocycles. The number of hydrogen-bond donors (Lipinski definition) is 0. The minimum atomic E-state index is -3.02. The molecular weight excluding hydrogens is 437 g/mol. The summed E-state index contributed by atoms with van der Waals surface area (Å²) in [5.74, 6) is -0.503. The van der Waals surface area contributed by atoms with Crippen LogP contribution in [0.2, 0.25) is 0 Å². The van der Waals surface area contributed by atoms with Crippen molar-refractivity contribution >= 4 is 30.4 Å². The van der Waals surface area contributed by atoms with Gasteiger partial charge in [0.2, 0.25) is 0 Å². The zero-order valence-corrected chi connectivity index (χ0v) is 19.8. The quantitative estimate of drug-likeness (QED) is 0.269. The molecule has 0 atom stereocenters. The summed E-state index contributed by atoms with van der Waals surface area (Å²) in [5.41, 5.74) is 2.96. The highest BCUT2D eigenvalue weighted by Gasteiger charge is 2.22. The van der Waals surface area contributed by atoms with Gasteiger partial charge >= 0.3 is 7.47 Å². The second-order valence-corrected chi connectivity index (χ2v) is 8.93. The molecule has 0 saturated carbocycles. The molecule has 0 N–H and O–H groups in total. The van der Waals surface area contributed by atoms with Gasteiger partial charge in [-0.2, -0.15) is 0 Å². The highest BCUT2D eigenvalue weighted by atomic mass is 19.2. The maximum absolute atomic E-state index is 13.1. The summed E-state index contributed by atoms with van der Waals surface area (Å²) in [6.07, 6.45) is 1.15. The van der Waals surface area contributed by atoms with Crippen molar-refractivity contribution in [2.24, 2.45) is 0 Å². The van der Waals surface area contributed by atoms with Gasteiger partial charge in [-0.15, -0.1) is 0 Å². The van der Waals surface area contributed by atoms with Gasteiger partial charge in [0.1, 0.15) is 5.76 Å². The molecular formula is C25H31BF2N4O2. The number of halogens is 2. The van der Waals surface area contributed by atoms with Crippen LogP contribution in [-0.4, -0.2) is 89.5 Å². The first kappa shape index (κ1) is 24.2. The zero-order valence-electron chi connectivity index (χ0n) is 19.8. The summed E-state index contributed by atoms with van der Waals surface area (Å²) in [7, 11) is 1.18. The molecule has 2 aliphatic heterocycles. The van der Waals surface area contributed by atoms with E-state index >= 15 is 0 Å². The number of carbonyl (C=O) groups is 1. The number of ketones is 1. The maximum atomic E-state index is 13.1. The van der Waals surface area contributed by atoms with Crippen molar-refractivity contribution in [3.05, 3.63) is 65.7 Å². The Labute approximate surface area is 200 Å². The lowest BCUT2D eigenvalue weighted by Gasteiger charge is -2.34. The van der Waals surface area contributed by atoms with E-state index in [1.54, 1.807) is 24.3 Å².